The number of benzene rings is 3. The van der Waals surface area contributed by atoms with Crippen LogP contribution < -0.4 is 9.47 Å². The van der Waals surface area contributed by atoms with E-state index in [1.54, 1.807) is 24.7 Å². The Morgan fingerprint density at radius 2 is 1.74 bits per heavy atom. The lowest BCUT2D eigenvalue weighted by Gasteiger charge is -2.27. The number of esters is 1. The third-order valence-electron chi connectivity index (χ3n) is 6.60. The number of fused-ring (bicyclic) bond motifs is 1. The van der Waals surface area contributed by atoms with E-state index in [0.29, 0.717) is 35.3 Å². The van der Waals surface area contributed by atoms with E-state index in [0.717, 1.165) is 42.7 Å². The fourth-order valence-electron chi connectivity index (χ4n) is 4.68. The van der Waals surface area contributed by atoms with Crippen LogP contribution in [-0.2, 0) is 30.9 Å². The van der Waals surface area contributed by atoms with Gasteiger partial charge in [0.15, 0.2) is 11.5 Å². The second-order valence-electron chi connectivity index (χ2n) is 9.29. The molecule has 0 spiro atoms. The molecule has 1 aromatic heterocycles. The van der Waals surface area contributed by atoms with Gasteiger partial charge < -0.3 is 14.2 Å². The Balaban J connectivity index is 1.35. The van der Waals surface area contributed by atoms with Gasteiger partial charge in [-0.3, -0.25) is 4.90 Å². The first kappa shape index (κ1) is 26.7. The summed E-state index contributed by atoms with van der Waals surface area (Å²) in [7, 11) is 1.62. The largest absolute Gasteiger partial charge is 0.493 e. The third kappa shape index (κ3) is 6.56. The van der Waals surface area contributed by atoms with Crippen molar-refractivity contribution in [2.24, 2.45) is 4.99 Å². The Morgan fingerprint density at radius 3 is 2.46 bits per heavy atom. The number of thiophene rings is 1. The number of ether oxygens (including phenoxy) is 3. The van der Waals surface area contributed by atoms with Crippen molar-refractivity contribution in [3.8, 4) is 11.5 Å². The van der Waals surface area contributed by atoms with Gasteiger partial charge in [-0.1, -0.05) is 60.7 Å². The van der Waals surface area contributed by atoms with E-state index in [1.807, 2.05) is 61.5 Å². The van der Waals surface area contributed by atoms with Crippen LogP contribution in [0, 0.1) is 0 Å². The molecule has 5 rings (SSSR count). The molecule has 0 aliphatic carbocycles. The van der Waals surface area contributed by atoms with E-state index >= 15 is 0 Å². The second-order valence-corrected chi connectivity index (χ2v) is 10.4. The highest BCUT2D eigenvalue weighted by Gasteiger charge is 2.28. The molecule has 2 heterocycles. The number of nitrogens with zero attached hydrogens (tertiary/aromatic N) is 2. The Bertz CT molecular complexity index is 1430. The lowest BCUT2D eigenvalue weighted by atomic mass is 10.0. The Kier molecular flexibility index (Phi) is 8.71. The van der Waals surface area contributed by atoms with Crippen molar-refractivity contribution in [2.75, 3.05) is 20.3 Å². The Hall–Kier alpha value is -3.94. The zero-order valence-electron chi connectivity index (χ0n) is 22.3. The number of hydrogen-bond donors (Lipinski definition) is 0. The summed E-state index contributed by atoms with van der Waals surface area (Å²) in [6, 6.07) is 26.2. The molecule has 0 fully saturated rings. The molecule has 200 valence electrons. The van der Waals surface area contributed by atoms with Gasteiger partial charge in [0.2, 0.25) is 0 Å². The molecule has 1 aliphatic rings. The number of carbonyl (C=O) groups excluding carboxylic acids is 1. The van der Waals surface area contributed by atoms with E-state index in [-0.39, 0.29) is 5.97 Å². The lowest BCUT2D eigenvalue weighted by Crippen LogP contribution is -2.29. The maximum atomic E-state index is 13.0. The summed E-state index contributed by atoms with van der Waals surface area (Å²) < 4.78 is 17.0. The predicted molar refractivity (Wildman–Crippen MR) is 156 cm³/mol. The number of methoxy groups -OCH3 is 1. The average molecular weight is 541 g/mol. The van der Waals surface area contributed by atoms with Gasteiger partial charge in [-0.2, -0.15) is 0 Å². The number of hydrogen-bond acceptors (Lipinski definition) is 7. The highest BCUT2D eigenvalue weighted by atomic mass is 32.1. The predicted octanol–water partition coefficient (Wildman–Crippen LogP) is 6.82. The lowest BCUT2D eigenvalue weighted by molar-refractivity contribution is 0.0526. The molecule has 39 heavy (non-hydrogen) atoms. The molecule has 0 unspecified atom stereocenters. The molecule has 0 saturated carbocycles. The maximum absolute atomic E-state index is 13.0. The fourth-order valence-corrected chi connectivity index (χ4v) is 5.90. The first-order valence-corrected chi connectivity index (χ1v) is 13.9. The molecule has 0 saturated heterocycles. The highest BCUT2D eigenvalue weighted by Crippen LogP contribution is 2.40. The number of rotatable bonds is 10. The minimum absolute atomic E-state index is 0.305. The monoisotopic (exact) mass is 540 g/mol. The van der Waals surface area contributed by atoms with Crippen LogP contribution in [0.1, 0.15) is 44.4 Å². The van der Waals surface area contributed by atoms with Crippen LogP contribution in [0.4, 0.5) is 5.00 Å². The summed E-state index contributed by atoms with van der Waals surface area (Å²) in [5.74, 6) is 0.985. The summed E-state index contributed by atoms with van der Waals surface area (Å²) in [4.78, 5) is 21.3. The van der Waals surface area contributed by atoms with Gasteiger partial charge in [-0.15, -0.1) is 11.3 Å². The Labute approximate surface area is 233 Å². The fraction of sp³-hybridized carbons (Fsp3) is 0.250. The van der Waals surface area contributed by atoms with Crippen molar-refractivity contribution in [2.45, 2.75) is 33.0 Å². The number of carbonyl (C=O) groups is 1. The van der Waals surface area contributed by atoms with Gasteiger partial charge in [0.25, 0.3) is 0 Å². The van der Waals surface area contributed by atoms with Gasteiger partial charge in [-0.05, 0) is 53.8 Å². The van der Waals surface area contributed by atoms with Crippen molar-refractivity contribution in [1.82, 2.24) is 4.90 Å². The van der Waals surface area contributed by atoms with Crippen LogP contribution in [0.5, 0.6) is 11.5 Å². The van der Waals surface area contributed by atoms with E-state index in [1.165, 1.54) is 10.4 Å². The summed E-state index contributed by atoms with van der Waals surface area (Å²) in [6.07, 6.45) is 2.56. The van der Waals surface area contributed by atoms with Crippen molar-refractivity contribution in [3.63, 3.8) is 0 Å². The molecule has 6 nitrogen and oxygen atoms in total. The molecule has 4 aromatic rings. The Morgan fingerprint density at radius 1 is 1.00 bits per heavy atom. The zero-order valence-corrected chi connectivity index (χ0v) is 23.1. The second kappa shape index (κ2) is 12.7. The molecule has 7 heteroatoms. The van der Waals surface area contributed by atoms with Gasteiger partial charge >= 0.3 is 5.97 Å². The molecule has 0 radical (unpaired) electrons. The van der Waals surface area contributed by atoms with Crippen LogP contribution in [0.2, 0.25) is 0 Å². The van der Waals surface area contributed by atoms with E-state index < -0.39 is 0 Å². The van der Waals surface area contributed by atoms with E-state index in [9.17, 15) is 4.79 Å². The molecule has 1 aliphatic heterocycles. The molecule has 0 bridgehead atoms. The van der Waals surface area contributed by atoms with E-state index in [2.05, 4.69) is 29.2 Å². The minimum atomic E-state index is -0.305. The smallest absolute Gasteiger partial charge is 0.341 e. The van der Waals surface area contributed by atoms with Gasteiger partial charge in [0.05, 0.1) is 19.3 Å². The van der Waals surface area contributed by atoms with Crippen LogP contribution >= 0.6 is 11.3 Å². The molecular weight excluding hydrogens is 508 g/mol. The van der Waals surface area contributed by atoms with Crippen molar-refractivity contribution >= 4 is 28.5 Å². The third-order valence-corrected chi connectivity index (χ3v) is 7.73. The molecular formula is C32H32N2O4S. The van der Waals surface area contributed by atoms with E-state index in [4.69, 9.17) is 19.2 Å². The first-order chi connectivity index (χ1) is 19.1. The van der Waals surface area contributed by atoms with Crippen molar-refractivity contribution in [3.05, 3.63) is 112 Å². The van der Waals surface area contributed by atoms with Crippen LogP contribution in [-0.4, -0.2) is 37.3 Å². The molecule has 0 N–H and O–H groups in total. The minimum Gasteiger partial charge on any atom is -0.493 e. The quantitative estimate of drug-likeness (QED) is 0.163. The zero-order chi connectivity index (χ0) is 27.0. The number of aliphatic imine (C=N–C) groups is 1. The highest BCUT2D eigenvalue weighted by molar-refractivity contribution is 7.16. The molecule has 3 aromatic carbocycles. The summed E-state index contributed by atoms with van der Waals surface area (Å²) in [5.41, 5.74) is 4.89. The van der Waals surface area contributed by atoms with Crippen molar-refractivity contribution in [1.29, 1.82) is 0 Å². The van der Waals surface area contributed by atoms with Crippen molar-refractivity contribution < 1.29 is 19.0 Å². The van der Waals surface area contributed by atoms with Crippen LogP contribution in [0.15, 0.2) is 83.9 Å². The van der Waals surface area contributed by atoms with Crippen LogP contribution in [0.3, 0.4) is 0 Å². The SMILES string of the molecule is CCOC(=O)c1c(N=Cc2ccc(OCc3ccccc3)c(OC)c2)sc2c1CCN(Cc1ccccc1)C2. The molecule has 0 atom stereocenters. The van der Waals surface area contributed by atoms with Gasteiger partial charge in [0, 0.05) is 30.7 Å². The van der Waals surface area contributed by atoms with Gasteiger partial charge in [0.1, 0.15) is 11.6 Å². The average Bonchev–Trinajstić information content (AvgIpc) is 3.34. The van der Waals surface area contributed by atoms with Gasteiger partial charge in [-0.25, -0.2) is 9.79 Å². The summed E-state index contributed by atoms with van der Waals surface area (Å²) >= 11 is 1.57. The standard InChI is InChI=1S/C32H32N2O4S/c1-3-37-32(35)30-26-16-17-34(20-23-10-6-4-7-11-23)21-29(26)39-31(30)33-19-25-14-15-27(28(18-25)36-2)38-22-24-12-8-5-9-13-24/h4-15,18-19H,3,16-17,20-22H2,1-2H3. The topological polar surface area (TPSA) is 60.4 Å². The normalized spacial score (nSPS) is 13.3. The first-order valence-electron chi connectivity index (χ1n) is 13.1. The summed E-state index contributed by atoms with van der Waals surface area (Å²) in [6.45, 7) is 5.16. The van der Waals surface area contributed by atoms with Crippen LogP contribution in [0.25, 0.3) is 0 Å². The molecule has 0 amide bonds. The maximum Gasteiger partial charge on any atom is 0.341 e. The summed E-state index contributed by atoms with van der Waals surface area (Å²) in [5, 5.41) is 0.684.